The standard InChI is InChI=1S/C23H27F3N4O3.C21H23F3N4O3/c1-33-14-20(31)30-10-4-7-19-17(13-30)21(28-27-19)22(32)29-11-8-15(9-12-29)16-5-2-3-6-18(16)23(24,25)26;1-31-12-18(29)28-10-15-17(11-28)25-26-19(15)20(30)27-8-6-13(7-9-27)14-4-2-3-5-16(14)21(22,23)24/h2-3,5-6,15H,4,7-14H2,1H3,(H,27,28);2-5,13H,6-12H2,1H3,(H,25,26). The number of hydrogen-bond acceptors (Lipinski definition) is 8. The third-order valence-electron chi connectivity index (χ3n) is 12.4. The van der Waals surface area contributed by atoms with Crippen molar-refractivity contribution in [2.45, 2.75) is 82.3 Å². The van der Waals surface area contributed by atoms with Crippen molar-refractivity contribution in [1.29, 1.82) is 0 Å². The summed E-state index contributed by atoms with van der Waals surface area (Å²) in [5.74, 6) is -1.35. The average molecular weight is 901 g/mol. The number of aryl methyl sites for hydroxylation is 1. The molecule has 4 aliphatic rings. The Morgan fingerprint density at radius 1 is 0.594 bits per heavy atom. The largest absolute Gasteiger partial charge is 0.416 e. The molecule has 4 amide bonds. The fourth-order valence-electron chi connectivity index (χ4n) is 9.12. The van der Waals surface area contributed by atoms with Crippen LogP contribution >= 0.6 is 0 Å². The number of nitrogens with one attached hydrogen (secondary N) is 2. The second-order valence-corrected chi connectivity index (χ2v) is 16.4. The molecule has 0 saturated carbocycles. The van der Waals surface area contributed by atoms with Crippen molar-refractivity contribution in [3.8, 4) is 0 Å². The van der Waals surface area contributed by atoms with E-state index in [1.54, 1.807) is 31.7 Å². The van der Waals surface area contributed by atoms with E-state index < -0.39 is 23.5 Å². The van der Waals surface area contributed by atoms with Gasteiger partial charge in [-0.05, 0) is 73.6 Å². The lowest BCUT2D eigenvalue weighted by Crippen LogP contribution is -2.39. The number of hydrogen-bond donors (Lipinski definition) is 2. The third kappa shape index (κ3) is 10.1. The van der Waals surface area contributed by atoms with Gasteiger partial charge in [0.25, 0.3) is 11.8 Å². The van der Waals surface area contributed by atoms with E-state index in [0.717, 1.165) is 29.9 Å². The second kappa shape index (κ2) is 19.5. The predicted octanol–water partition coefficient (Wildman–Crippen LogP) is 6.31. The minimum Gasteiger partial charge on any atom is -0.375 e. The molecule has 0 atom stereocenters. The maximum absolute atomic E-state index is 13.4. The normalized spacial score (nSPS) is 17.4. The van der Waals surface area contributed by atoms with Crippen molar-refractivity contribution < 1.29 is 55.0 Å². The number of halogens is 6. The smallest absolute Gasteiger partial charge is 0.375 e. The summed E-state index contributed by atoms with van der Waals surface area (Å²) in [4.78, 5) is 57.2. The molecule has 344 valence electrons. The van der Waals surface area contributed by atoms with Crippen LogP contribution in [0.15, 0.2) is 48.5 Å². The first-order valence-electron chi connectivity index (χ1n) is 21.1. The van der Waals surface area contributed by atoms with Crippen molar-refractivity contribution in [2.24, 2.45) is 0 Å². The number of ether oxygens (including phenoxy) is 2. The minimum atomic E-state index is -4.40. The molecule has 0 radical (unpaired) electrons. The number of likely N-dealkylation sites (tertiary alicyclic amines) is 2. The summed E-state index contributed by atoms with van der Waals surface area (Å²) in [5.41, 5.74) is 2.91. The molecule has 2 aromatic carbocycles. The number of aromatic amines is 2. The number of benzene rings is 2. The van der Waals surface area contributed by atoms with Gasteiger partial charge in [-0.25, -0.2) is 0 Å². The molecule has 0 bridgehead atoms. The molecule has 2 aromatic heterocycles. The van der Waals surface area contributed by atoms with E-state index in [0.29, 0.717) is 82.5 Å². The average Bonchev–Trinajstić information content (AvgIpc) is 3.97. The Morgan fingerprint density at radius 3 is 1.48 bits per heavy atom. The van der Waals surface area contributed by atoms with E-state index in [2.05, 4.69) is 20.4 Å². The van der Waals surface area contributed by atoms with Gasteiger partial charge in [-0.15, -0.1) is 0 Å². The number of H-pyrrole nitrogens is 2. The molecule has 6 heterocycles. The highest BCUT2D eigenvalue weighted by atomic mass is 19.4. The molecule has 20 heteroatoms. The first-order chi connectivity index (χ1) is 30.6. The van der Waals surface area contributed by atoms with Gasteiger partial charge in [0, 0.05) is 70.3 Å². The zero-order valence-electron chi connectivity index (χ0n) is 35.5. The van der Waals surface area contributed by atoms with E-state index in [1.807, 2.05) is 0 Å². The summed E-state index contributed by atoms with van der Waals surface area (Å²) in [6, 6.07) is 11.3. The molecule has 4 aromatic rings. The first-order valence-corrected chi connectivity index (χ1v) is 21.1. The van der Waals surface area contributed by atoms with Crippen LogP contribution in [0.4, 0.5) is 26.3 Å². The number of carbonyl (C=O) groups is 4. The topological polar surface area (TPSA) is 157 Å². The molecule has 4 aliphatic heterocycles. The van der Waals surface area contributed by atoms with Gasteiger partial charge in [-0.1, -0.05) is 36.4 Å². The molecule has 8 rings (SSSR count). The number of rotatable bonds is 8. The van der Waals surface area contributed by atoms with Crippen molar-refractivity contribution in [2.75, 3.05) is 60.2 Å². The second-order valence-electron chi connectivity index (χ2n) is 16.4. The zero-order valence-corrected chi connectivity index (χ0v) is 35.5. The fraction of sp³-hybridized carbons (Fsp3) is 0.500. The Bertz CT molecular complexity index is 2310. The summed E-state index contributed by atoms with van der Waals surface area (Å²) in [7, 11) is 2.91. The SMILES string of the molecule is COCC(=O)N1CCCc2[nH]nc(C(=O)N3CCC(c4ccccc4C(F)(F)F)CC3)c2C1.COCC(=O)N1Cc2[nH]nc(C(=O)N3CCC(c4ccccc4C(F)(F)F)CC3)c2C1. The van der Waals surface area contributed by atoms with Crippen molar-refractivity contribution in [3.05, 3.63) is 105 Å². The number of amides is 4. The van der Waals surface area contributed by atoms with Crippen LogP contribution in [-0.4, -0.2) is 124 Å². The van der Waals surface area contributed by atoms with Gasteiger partial charge in [0.15, 0.2) is 11.4 Å². The van der Waals surface area contributed by atoms with E-state index in [-0.39, 0.29) is 84.3 Å². The lowest BCUT2D eigenvalue weighted by molar-refractivity contribution is -0.139. The van der Waals surface area contributed by atoms with E-state index in [9.17, 15) is 45.5 Å². The Hall–Kier alpha value is -5.76. The Morgan fingerprint density at radius 2 is 1.02 bits per heavy atom. The molecule has 0 aliphatic carbocycles. The monoisotopic (exact) mass is 900 g/mol. The van der Waals surface area contributed by atoms with Crippen molar-refractivity contribution in [1.82, 2.24) is 40.0 Å². The number of methoxy groups -OCH3 is 2. The molecule has 0 unspecified atom stereocenters. The van der Waals surface area contributed by atoms with Crippen LogP contribution in [0.25, 0.3) is 0 Å². The number of aromatic nitrogens is 4. The first kappa shape index (κ1) is 46.2. The molecule has 2 fully saturated rings. The van der Waals surface area contributed by atoms with Gasteiger partial charge in [-0.3, -0.25) is 29.4 Å². The van der Waals surface area contributed by atoms with Crippen LogP contribution in [0.5, 0.6) is 0 Å². The van der Waals surface area contributed by atoms with Crippen LogP contribution in [0.1, 0.15) is 110 Å². The fourth-order valence-corrected chi connectivity index (χ4v) is 9.12. The van der Waals surface area contributed by atoms with Gasteiger partial charge >= 0.3 is 12.4 Å². The Labute approximate surface area is 365 Å². The summed E-state index contributed by atoms with van der Waals surface area (Å²) >= 11 is 0. The summed E-state index contributed by atoms with van der Waals surface area (Å²) in [6.45, 7) is 2.82. The molecule has 2 N–H and O–H groups in total. The summed E-state index contributed by atoms with van der Waals surface area (Å²) in [6.07, 6.45) is -5.57. The van der Waals surface area contributed by atoms with E-state index in [1.165, 1.54) is 38.5 Å². The number of fused-ring (bicyclic) bond motifs is 2. The maximum atomic E-state index is 13.4. The lowest BCUT2D eigenvalue weighted by Gasteiger charge is -2.33. The minimum absolute atomic E-state index is 0.0244. The predicted molar refractivity (Wildman–Crippen MR) is 218 cm³/mol. The summed E-state index contributed by atoms with van der Waals surface area (Å²) < 4.78 is 90.1. The highest BCUT2D eigenvalue weighted by Gasteiger charge is 2.39. The van der Waals surface area contributed by atoms with E-state index in [4.69, 9.17) is 9.47 Å². The van der Waals surface area contributed by atoms with E-state index >= 15 is 0 Å². The number of alkyl halides is 6. The van der Waals surface area contributed by atoms with Crippen LogP contribution in [-0.2, 0) is 57.5 Å². The van der Waals surface area contributed by atoms with Gasteiger partial charge in [-0.2, -0.15) is 36.5 Å². The van der Waals surface area contributed by atoms with Gasteiger partial charge in [0.05, 0.1) is 29.9 Å². The quantitative estimate of drug-likeness (QED) is 0.195. The third-order valence-corrected chi connectivity index (χ3v) is 12.4. The highest BCUT2D eigenvalue weighted by molar-refractivity contribution is 5.95. The highest BCUT2D eigenvalue weighted by Crippen LogP contribution is 2.40. The Kier molecular flexibility index (Phi) is 14.1. The zero-order chi connectivity index (χ0) is 45.8. The van der Waals surface area contributed by atoms with Gasteiger partial charge < -0.3 is 29.1 Å². The van der Waals surface area contributed by atoms with Crippen LogP contribution < -0.4 is 0 Å². The molecule has 14 nitrogen and oxygen atoms in total. The number of carbonyl (C=O) groups excluding carboxylic acids is 4. The van der Waals surface area contributed by atoms with Gasteiger partial charge in [0.2, 0.25) is 11.8 Å². The Balaban J connectivity index is 0.000000192. The summed E-state index contributed by atoms with van der Waals surface area (Å²) in [5, 5.41) is 14.2. The van der Waals surface area contributed by atoms with Crippen LogP contribution in [0, 0.1) is 0 Å². The van der Waals surface area contributed by atoms with Crippen molar-refractivity contribution in [3.63, 3.8) is 0 Å². The molecular formula is C44H50F6N8O6. The lowest BCUT2D eigenvalue weighted by atomic mass is 9.86. The number of piperidine rings is 2. The molecule has 64 heavy (non-hydrogen) atoms. The molecule has 0 spiro atoms. The molecular weight excluding hydrogens is 851 g/mol. The van der Waals surface area contributed by atoms with Crippen molar-refractivity contribution >= 4 is 23.6 Å². The molecule has 2 saturated heterocycles. The number of nitrogens with zero attached hydrogens (tertiary/aromatic N) is 6. The van der Waals surface area contributed by atoms with Gasteiger partial charge in [0.1, 0.15) is 13.2 Å². The van der Waals surface area contributed by atoms with Crippen LogP contribution in [0.3, 0.4) is 0 Å². The van der Waals surface area contributed by atoms with Crippen LogP contribution in [0.2, 0.25) is 0 Å². The maximum Gasteiger partial charge on any atom is 0.416 e.